The summed E-state index contributed by atoms with van der Waals surface area (Å²) in [5.41, 5.74) is 5.01. The minimum Gasteiger partial charge on any atom is -0.493 e. The number of para-hydroxylation sites is 3. The largest absolute Gasteiger partial charge is 0.493 e. The third-order valence-electron chi connectivity index (χ3n) is 11.6. The van der Waals surface area contributed by atoms with Crippen LogP contribution in [0.1, 0.15) is 62.0 Å². The predicted octanol–water partition coefficient (Wildman–Crippen LogP) is 10.2. The maximum Gasteiger partial charge on any atom is 0.261 e. The van der Waals surface area contributed by atoms with E-state index in [-0.39, 0.29) is 23.0 Å². The quantitative estimate of drug-likeness (QED) is 0.0974. The number of ether oxygens (including phenoxy) is 2. The van der Waals surface area contributed by atoms with Crippen LogP contribution in [-0.4, -0.2) is 45.7 Å². The fourth-order valence-electron chi connectivity index (χ4n) is 9.14. The Balaban J connectivity index is 1.20. The summed E-state index contributed by atoms with van der Waals surface area (Å²) in [5, 5.41) is 4.87. The van der Waals surface area contributed by atoms with Gasteiger partial charge >= 0.3 is 0 Å². The third kappa shape index (κ3) is 6.48. The lowest BCUT2D eigenvalue weighted by Crippen LogP contribution is -2.66. The van der Waals surface area contributed by atoms with Gasteiger partial charge in [-0.25, -0.2) is 0 Å². The highest BCUT2D eigenvalue weighted by Gasteiger charge is 2.50. The highest BCUT2D eigenvalue weighted by Crippen LogP contribution is 2.45. The van der Waals surface area contributed by atoms with Crippen LogP contribution in [-0.2, 0) is 4.43 Å². The van der Waals surface area contributed by atoms with Gasteiger partial charge in [-0.15, -0.1) is 0 Å². The summed E-state index contributed by atoms with van der Waals surface area (Å²) < 4.78 is 21.1. The maximum atomic E-state index is 15.0. The Morgan fingerprint density at radius 1 is 0.679 bits per heavy atom. The zero-order valence-corrected chi connectivity index (χ0v) is 33.9. The van der Waals surface area contributed by atoms with Gasteiger partial charge in [-0.3, -0.25) is 4.79 Å². The van der Waals surface area contributed by atoms with Gasteiger partial charge in [0.15, 0.2) is 11.5 Å². The molecule has 0 saturated heterocycles. The zero-order chi connectivity index (χ0) is 38.9. The first-order valence-electron chi connectivity index (χ1n) is 19.6. The van der Waals surface area contributed by atoms with Gasteiger partial charge in [-0.1, -0.05) is 136 Å². The number of fused-ring (bicyclic) bond motifs is 4. The lowest BCUT2D eigenvalue weighted by molar-refractivity contribution is 0.0967. The Kier molecular flexibility index (Phi) is 10.3. The Hall–Kier alpha value is -5.63. The van der Waals surface area contributed by atoms with Gasteiger partial charge in [0.1, 0.15) is 0 Å². The van der Waals surface area contributed by atoms with E-state index in [1.54, 1.807) is 20.3 Å². The second kappa shape index (κ2) is 15.5. The molecule has 1 amide bonds. The summed E-state index contributed by atoms with van der Waals surface area (Å²) in [6.45, 7) is 7.52. The number of benzene rings is 6. The van der Waals surface area contributed by atoms with Crippen LogP contribution in [0.2, 0.25) is 5.04 Å². The summed E-state index contributed by atoms with van der Waals surface area (Å²) in [6.07, 6.45) is 2.30. The SMILES string of the molecule is COc1ccc(C(=O)N2c3ccccc3C(n3c4ccccc4c4ccccc43)CC2CCCO[Si](c2ccccc2)(c2ccccc2)C(C)(C)C)cc1OC. The monoisotopic (exact) mass is 758 g/mol. The molecule has 2 heterocycles. The van der Waals surface area contributed by atoms with E-state index in [0.29, 0.717) is 23.7 Å². The molecule has 0 radical (unpaired) electrons. The van der Waals surface area contributed by atoms with Crippen molar-refractivity contribution in [3.8, 4) is 11.5 Å². The van der Waals surface area contributed by atoms with Gasteiger partial charge in [-0.2, -0.15) is 0 Å². The molecule has 0 N–H and O–H groups in total. The minimum atomic E-state index is -2.73. The number of amides is 1. The second-order valence-corrected chi connectivity index (χ2v) is 20.1. The molecule has 0 spiro atoms. The van der Waals surface area contributed by atoms with E-state index < -0.39 is 8.32 Å². The first kappa shape index (κ1) is 37.3. The van der Waals surface area contributed by atoms with E-state index in [4.69, 9.17) is 13.9 Å². The maximum absolute atomic E-state index is 15.0. The van der Waals surface area contributed by atoms with Crippen LogP contribution in [0.25, 0.3) is 21.8 Å². The van der Waals surface area contributed by atoms with Crippen molar-refractivity contribution in [2.45, 2.75) is 57.2 Å². The number of methoxy groups -OCH3 is 2. The average Bonchev–Trinajstić information content (AvgIpc) is 3.57. The van der Waals surface area contributed by atoms with Crippen molar-refractivity contribution in [3.63, 3.8) is 0 Å². The van der Waals surface area contributed by atoms with Crippen molar-refractivity contribution in [2.24, 2.45) is 0 Å². The van der Waals surface area contributed by atoms with Crippen LogP contribution < -0.4 is 24.7 Å². The van der Waals surface area contributed by atoms with Crippen molar-refractivity contribution in [3.05, 3.63) is 163 Å². The smallest absolute Gasteiger partial charge is 0.261 e. The van der Waals surface area contributed by atoms with Gasteiger partial charge in [0.05, 0.1) is 20.3 Å². The minimum absolute atomic E-state index is 0.00745. The fraction of sp³-hybridized carbons (Fsp3) is 0.245. The average molecular weight is 759 g/mol. The summed E-state index contributed by atoms with van der Waals surface area (Å²) in [6, 6.07) is 52.8. The topological polar surface area (TPSA) is 52.9 Å². The molecule has 7 heteroatoms. The van der Waals surface area contributed by atoms with Crippen LogP contribution in [0.5, 0.6) is 11.5 Å². The predicted molar refractivity (Wildman–Crippen MR) is 232 cm³/mol. The van der Waals surface area contributed by atoms with Crippen molar-refractivity contribution in [1.29, 1.82) is 0 Å². The van der Waals surface area contributed by atoms with Gasteiger partial charge in [0.2, 0.25) is 0 Å². The van der Waals surface area contributed by atoms with Crippen LogP contribution in [0.4, 0.5) is 5.69 Å². The Labute approximate surface area is 331 Å². The highest BCUT2D eigenvalue weighted by molar-refractivity contribution is 6.99. The van der Waals surface area contributed by atoms with Crippen LogP contribution in [0.3, 0.4) is 0 Å². The highest BCUT2D eigenvalue weighted by atomic mass is 28.4. The molecule has 0 aliphatic carbocycles. The standard InChI is InChI=1S/C49H50N2O4Si/c1-49(2,3)56(37-20-8-6-9-21-37,38-22-10-7-11-23-38)55-32-18-19-36-34-45(51-42-27-15-12-24-39(42)40-25-13-16-28-43(40)51)41-26-14-17-29-44(41)50(36)48(52)35-30-31-46(53-4)47(33-35)54-5/h6-17,20-31,33,36,45H,18-19,32,34H2,1-5H3. The summed E-state index contributed by atoms with van der Waals surface area (Å²) in [5.74, 6) is 1.06. The van der Waals surface area contributed by atoms with E-state index >= 15 is 0 Å². The van der Waals surface area contributed by atoms with Gasteiger partial charge in [0.25, 0.3) is 14.2 Å². The molecule has 1 aliphatic heterocycles. The number of hydrogen-bond acceptors (Lipinski definition) is 4. The van der Waals surface area contributed by atoms with Gasteiger partial charge < -0.3 is 23.4 Å². The van der Waals surface area contributed by atoms with Crippen LogP contribution >= 0.6 is 0 Å². The van der Waals surface area contributed by atoms with Crippen molar-refractivity contribution < 1.29 is 18.7 Å². The molecule has 284 valence electrons. The number of carbonyl (C=O) groups excluding carboxylic acids is 1. The summed E-state index contributed by atoms with van der Waals surface area (Å²) in [7, 11) is 0.482. The molecule has 0 saturated carbocycles. The molecule has 2 unspecified atom stereocenters. The van der Waals surface area contributed by atoms with E-state index in [0.717, 1.165) is 30.5 Å². The third-order valence-corrected chi connectivity index (χ3v) is 16.7. The Bertz CT molecular complexity index is 2380. The second-order valence-electron chi connectivity index (χ2n) is 15.8. The van der Waals surface area contributed by atoms with Crippen LogP contribution in [0, 0.1) is 0 Å². The molecular weight excluding hydrogens is 709 g/mol. The summed E-state index contributed by atoms with van der Waals surface area (Å²) in [4.78, 5) is 17.0. The molecule has 0 fully saturated rings. The van der Waals surface area contributed by atoms with Crippen LogP contribution in [0.15, 0.2) is 152 Å². The first-order valence-corrected chi connectivity index (χ1v) is 21.5. The molecule has 2 atom stereocenters. The number of hydrogen-bond donors (Lipinski definition) is 0. The van der Waals surface area contributed by atoms with Gasteiger partial charge in [-0.05, 0) is 76.6 Å². The molecule has 7 aromatic rings. The molecule has 0 bridgehead atoms. The number of aromatic nitrogens is 1. The van der Waals surface area contributed by atoms with E-state index in [9.17, 15) is 4.79 Å². The summed E-state index contributed by atoms with van der Waals surface area (Å²) >= 11 is 0. The lowest BCUT2D eigenvalue weighted by atomic mass is 9.87. The fourth-order valence-corrected chi connectivity index (χ4v) is 13.8. The Morgan fingerprint density at radius 2 is 1.23 bits per heavy atom. The number of carbonyl (C=O) groups is 1. The number of nitrogens with zero attached hydrogens (tertiary/aromatic N) is 2. The van der Waals surface area contributed by atoms with E-state index in [2.05, 4.69) is 153 Å². The molecule has 1 aromatic heterocycles. The van der Waals surface area contributed by atoms with E-state index in [1.807, 2.05) is 23.1 Å². The molecule has 8 rings (SSSR count). The van der Waals surface area contributed by atoms with Gasteiger partial charge in [0, 0.05) is 45.7 Å². The van der Waals surface area contributed by atoms with E-state index in [1.165, 1.54) is 32.2 Å². The Morgan fingerprint density at radius 3 is 1.82 bits per heavy atom. The lowest BCUT2D eigenvalue weighted by Gasteiger charge is -2.44. The van der Waals surface area contributed by atoms with Crippen molar-refractivity contribution in [1.82, 2.24) is 4.57 Å². The zero-order valence-electron chi connectivity index (χ0n) is 32.9. The van der Waals surface area contributed by atoms with Crippen molar-refractivity contribution >= 4 is 52.1 Å². The number of rotatable bonds is 11. The normalized spacial score (nSPS) is 15.8. The molecular formula is C49H50N2O4Si. The van der Waals surface area contributed by atoms with Crippen molar-refractivity contribution in [2.75, 3.05) is 25.7 Å². The molecule has 56 heavy (non-hydrogen) atoms. The molecule has 6 aromatic carbocycles. The first-order chi connectivity index (χ1) is 27.3. The molecule has 1 aliphatic rings. The molecule has 6 nitrogen and oxygen atoms in total. The number of anilines is 1.